The highest BCUT2D eigenvalue weighted by Gasteiger charge is 2.05. The zero-order chi connectivity index (χ0) is 8.27. The molecule has 0 aliphatic rings. The molecule has 2 N–H and O–H groups in total. The van der Waals surface area contributed by atoms with Crippen molar-refractivity contribution in [3.63, 3.8) is 0 Å². The first-order chi connectivity index (χ1) is 5.24. The molecule has 0 fully saturated rings. The Labute approximate surface area is 69.3 Å². The van der Waals surface area contributed by atoms with Gasteiger partial charge in [0.25, 0.3) is 0 Å². The fourth-order valence-electron chi connectivity index (χ4n) is 0.678. The van der Waals surface area contributed by atoms with Gasteiger partial charge in [-0.25, -0.2) is 0 Å². The van der Waals surface area contributed by atoms with Gasteiger partial charge in [0, 0.05) is 6.20 Å². The highest BCUT2D eigenvalue weighted by molar-refractivity contribution is 6.30. The van der Waals surface area contributed by atoms with Crippen molar-refractivity contribution >= 4 is 11.6 Å². The van der Waals surface area contributed by atoms with Crippen LogP contribution < -0.4 is 0 Å². The molecule has 1 rings (SSSR count). The van der Waals surface area contributed by atoms with Crippen LogP contribution in [0.5, 0.6) is 0 Å². The van der Waals surface area contributed by atoms with Crippen molar-refractivity contribution in [2.45, 2.75) is 6.10 Å². The molecule has 0 amide bonds. The number of nitrogens with zero attached hydrogens (tertiary/aromatic N) is 1. The largest absolute Gasteiger partial charge is 0.393 e. The van der Waals surface area contributed by atoms with E-state index in [4.69, 9.17) is 21.8 Å². The summed E-state index contributed by atoms with van der Waals surface area (Å²) in [6.45, 7) is -0.325. The Bertz CT molecular complexity index is 224. The number of pyridine rings is 1. The van der Waals surface area contributed by atoms with E-state index in [1.165, 1.54) is 6.20 Å². The van der Waals surface area contributed by atoms with Crippen LogP contribution in [0, 0.1) is 0 Å². The zero-order valence-electron chi connectivity index (χ0n) is 5.74. The maximum atomic E-state index is 9.06. The van der Waals surface area contributed by atoms with Crippen LogP contribution in [0.2, 0.25) is 5.02 Å². The van der Waals surface area contributed by atoms with Gasteiger partial charge in [0.1, 0.15) is 6.10 Å². The molecule has 0 saturated carbocycles. The number of halogens is 1. The van der Waals surface area contributed by atoms with Crippen molar-refractivity contribution in [3.05, 3.63) is 29.0 Å². The van der Waals surface area contributed by atoms with Crippen molar-refractivity contribution in [1.29, 1.82) is 0 Å². The molecule has 1 aromatic heterocycles. The average molecular weight is 174 g/mol. The normalized spacial score (nSPS) is 13.0. The fourth-order valence-corrected chi connectivity index (χ4v) is 0.790. The number of hydrogen-bond acceptors (Lipinski definition) is 3. The second-order valence-electron chi connectivity index (χ2n) is 2.10. The maximum Gasteiger partial charge on any atom is 0.119 e. The van der Waals surface area contributed by atoms with E-state index in [0.29, 0.717) is 10.7 Å². The highest BCUT2D eigenvalue weighted by Crippen LogP contribution is 2.11. The summed E-state index contributed by atoms with van der Waals surface area (Å²) in [5, 5.41) is 18.1. The van der Waals surface area contributed by atoms with E-state index in [1.54, 1.807) is 12.1 Å². The number of aliphatic hydroxyl groups is 2. The van der Waals surface area contributed by atoms with Crippen LogP contribution in [-0.2, 0) is 0 Å². The first-order valence-corrected chi connectivity index (χ1v) is 3.52. The lowest BCUT2D eigenvalue weighted by atomic mass is 10.2. The lowest BCUT2D eigenvalue weighted by molar-refractivity contribution is 0.0923. The summed E-state index contributed by atoms with van der Waals surface area (Å²) in [4.78, 5) is 3.81. The third kappa shape index (κ3) is 2.15. The van der Waals surface area contributed by atoms with Gasteiger partial charge in [0.15, 0.2) is 0 Å². The molecule has 1 atom stereocenters. The van der Waals surface area contributed by atoms with Crippen LogP contribution in [0.4, 0.5) is 0 Å². The van der Waals surface area contributed by atoms with Gasteiger partial charge in [-0.1, -0.05) is 11.6 Å². The quantitative estimate of drug-likeness (QED) is 0.695. The van der Waals surface area contributed by atoms with E-state index in [-0.39, 0.29) is 6.61 Å². The molecule has 11 heavy (non-hydrogen) atoms. The Morgan fingerprint density at radius 1 is 1.55 bits per heavy atom. The Morgan fingerprint density at radius 3 is 2.73 bits per heavy atom. The minimum Gasteiger partial charge on any atom is -0.393 e. The Balaban J connectivity index is 2.81. The minimum absolute atomic E-state index is 0.325. The molecule has 0 radical (unpaired) electrons. The second kappa shape index (κ2) is 3.67. The molecule has 0 aliphatic carbocycles. The van der Waals surface area contributed by atoms with Crippen molar-refractivity contribution in [2.75, 3.05) is 6.61 Å². The molecule has 0 aliphatic heterocycles. The van der Waals surface area contributed by atoms with Gasteiger partial charge in [-0.15, -0.1) is 0 Å². The Kier molecular flexibility index (Phi) is 2.82. The lowest BCUT2D eigenvalue weighted by Gasteiger charge is -2.04. The average Bonchev–Trinajstić information content (AvgIpc) is 2.05. The molecule has 1 aromatic rings. The van der Waals surface area contributed by atoms with Gasteiger partial charge < -0.3 is 10.2 Å². The summed E-state index contributed by atoms with van der Waals surface area (Å²) < 4.78 is 0. The predicted molar refractivity (Wildman–Crippen MR) is 41.3 cm³/mol. The van der Waals surface area contributed by atoms with Gasteiger partial charge in [0.05, 0.1) is 17.3 Å². The van der Waals surface area contributed by atoms with E-state index >= 15 is 0 Å². The number of aromatic nitrogens is 1. The monoisotopic (exact) mass is 173 g/mol. The molecular weight excluding hydrogens is 166 g/mol. The third-order valence-corrected chi connectivity index (χ3v) is 1.49. The molecule has 1 heterocycles. The molecule has 0 aromatic carbocycles. The van der Waals surface area contributed by atoms with Crippen LogP contribution in [0.25, 0.3) is 0 Å². The Hall–Kier alpha value is -0.640. The van der Waals surface area contributed by atoms with E-state index in [2.05, 4.69) is 4.98 Å². The molecule has 0 unspecified atom stereocenters. The van der Waals surface area contributed by atoms with Gasteiger partial charge in [-0.2, -0.15) is 0 Å². The van der Waals surface area contributed by atoms with Gasteiger partial charge >= 0.3 is 0 Å². The summed E-state index contributed by atoms with van der Waals surface area (Å²) >= 11 is 5.55. The lowest BCUT2D eigenvalue weighted by Crippen LogP contribution is -2.03. The summed E-state index contributed by atoms with van der Waals surface area (Å²) in [7, 11) is 0. The van der Waals surface area contributed by atoms with Gasteiger partial charge in [-0.3, -0.25) is 4.98 Å². The van der Waals surface area contributed by atoms with Crippen LogP contribution in [-0.4, -0.2) is 21.8 Å². The van der Waals surface area contributed by atoms with Crippen LogP contribution >= 0.6 is 11.6 Å². The van der Waals surface area contributed by atoms with Crippen molar-refractivity contribution < 1.29 is 10.2 Å². The minimum atomic E-state index is -0.910. The van der Waals surface area contributed by atoms with Crippen molar-refractivity contribution in [3.8, 4) is 0 Å². The van der Waals surface area contributed by atoms with Crippen molar-refractivity contribution in [1.82, 2.24) is 4.98 Å². The summed E-state index contributed by atoms with van der Waals surface area (Å²) in [6.07, 6.45) is 0.516. The zero-order valence-corrected chi connectivity index (χ0v) is 6.49. The standard InChI is InChI=1S/C7H8ClNO2/c8-5-1-2-6(9-3-5)7(11)4-10/h1-3,7,10-11H,4H2/t7-/m1/s1. The molecule has 60 valence electrons. The maximum absolute atomic E-state index is 9.06. The topological polar surface area (TPSA) is 53.4 Å². The molecule has 3 nitrogen and oxygen atoms in total. The fraction of sp³-hybridized carbons (Fsp3) is 0.286. The smallest absolute Gasteiger partial charge is 0.119 e. The van der Waals surface area contributed by atoms with Crippen LogP contribution in [0.3, 0.4) is 0 Å². The van der Waals surface area contributed by atoms with E-state index in [0.717, 1.165) is 0 Å². The number of rotatable bonds is 2. The van der Waals surface area contributed by atoms with Crippen LogP contribution in [0.1, 0.15) is 11.8 Å². The highest BCUT2D eigenvalue weighted by atomic mass is 35.5. The van der Waals surface area contributed by atoms with E-state index < -0.39 is 6.10 Å². The molecular formula is C7H8ClNO2. The molecule has 0 saturated heterocycles. The SMILES string of the molecule is OC[C@@H](O)c1ccc(Cl)cn1. The summed E-state index contributed by atoms with van der Waals surface area (Å²) in [5.41, 5.74) is 0.428. The van der Waals surface area contributed by atoms with Gasteiger partial charge in [0.2, 0.25) is 0 Å². The molecule has 0 bridgehead atoms. The number of aliphatic hydroxyl groups excluding tert-OH is 2. The first kappa shape index (κ1) is 8.46. The summed E-state index contributed by atoms with van der Waals surface area (Å²) in [5.74, 6) is 0. The predicted octanol–water partition coefficient (Wildman–Crippen LogP) is 0.761. The molecule has 4 heteroatoms. The Morgan fingerprint density at radius 2 is 2.27 bits per heavy atom. The van der Waals surface area contributed by atoms with E-state index in [9.17, 15) is 0 Å². The van der Waals surface area contributed by atoms with Crippen molar-refractivity contribution in [2.24, 2.45) is 0 Å². The first-order valence-electron chi connectivity index (χ1n) is 3.14. The van der Waals surface area contributed by atoms with Gasteiger partial charge in [-0.05, 0) is 12.1 Å². The second-order valence-corrected chi connectivity index (χ2v) is 2.54. The van der Waals surface area contributed by atoms with Crippen LogP contribution in [0.15, 0.2) is 18.3 Å². The summed E-state index contributed by atoms with van der Waals surface area (Å²) in [6, 6.07) is 3.19. The molecule has 0 spiro atoms. The third-order valence-electron chi connectivity index (χ3n) is 1.26. The van der Waals surface area contributed by atoms with E-state index in [1.807, 2.05) is 0 Å². The number of hydrogen-bond donors (Lipinski definition) is 2.